The topological polar surface area (TPSA) is 89.8 Å². The van der Waals surface area contributed by atoms with Crippen molar-refractivity contribution in [2.45, 2.75) is 38.7 Å². The highest BCUT2D eigenvalue weighted by Crippen LogP contribution is 2.31. The molecule has 0 N–H and O–H groups in total. The monoisotopic (exact) mass is 316 g/mol. The molecule has 1 aromatic carbocycles. The average Bonchev–Trinajstić information content (AvgIpc) is 2.39. The molecule has 0 aromatic heterocycles. The summed E-state index contributed by atoms with van der Waals surface area (Å²) in [5.74, 6) is 0.0634. The van der Waals surface area contributed by atoms with Gasteiger partial charge >= 0.3 is 5.69 Å². The first-order valence-corrected chi connectivity index (χ1v) is 8.13. The van der Waals surface area contributed by atoms with E-state index >= 15 is 0 Å². The van der Waals surface area contributed by atoms with E-state index in [1.165, 1.54) is 16.4 Å². The Hall–Kier alpha value is -1.67. The third-order valence-electron chi connectivity index (χ3n) is 2.83. The molecule has 118 valence electrons. The summed E-state index contributed by atoms with van der Waals surface area (Å²) in [4.78, 5) is 10.4. The molecule has 0 amide bonds. The molecule has 0 unspecified atom stereocenters. The van der Waals surface area contributed by atoms with Gasteiger partial charge in [-0.2, -0.15) is 4.31 Å². The third kappa shape index (κ3) is 3.92. The summed E-state index contributed by atoms with van der Waals surface area (Å²) in [6.45, 7) is 7.51. The Morgan fingerprint density at radius 1 is 1.29 bits per heavy atom. The number of rotatable bonds is 7. The number of nitro groups is 1. The molecule has 0 fully saturated rings. The second-order valence-electron chi connectivity index (χ2n) is 4.64. The van der Waals surface area contributed by atoms with Crippen molar-refractivity contribution < 1.29 is 18.1 Å². The minimum absolute atomic E-state index is 0.0634. The molecule has 8 heteroatoms. The van der Waals surface area contributed by atoms with Gasteiger partial charge < -0.3 is 4.74 Å². The third-order valence-corrected chi connectivity index (χ3v) is 4.88. The molecule has 0 saturated heterocycles. The summed E-state index contributed by atoms with van der Waals surface area (Å²) in [7, 11) is -3.73. The van der Waals surface area contributed by atoms with Gasteiger partial charge in [0, 0.05) is 19.2 Å². The predicted octanol–water partition coefficient (Wildman–Crippen LogP) is 2.41. The number of ether oxygens (including phenoxy) is 1. The minimum atomic E-state index is -3.73. The fourth-order valence-electron chi connectivity index (χ4n) is 1.87. The van der Waals surface area contributed by atoms with Crippen LogP contribution in [0.25, 0.3) is 0 Å². The SMILES string of the molecule is CCN(CC)S(=O)(=O)c1ccc(OC(C)C)c([N+](=O)[O-])c1. The van der Waals surface area contributed by atoms with Crippen molar-refractivity contribution in [3.8, 4) is 5.75 Å². The standard InChI is InChI=1S/C13H20N2O5S/c1-5-14(6-2)21(18,19)11-7-8-13(20-10(3)4)12(9-11)15(16)17/h7-10H,5-6H2,1-4H3. The number of hydrogen-bond acceptors (Lipinski definition) is 5. The maximum atomic E-state index is 12.4. The minimum Gasteiger partial charge on any atom is -0.484 e. The fraction of sp³-hybridized carbons (Fsp3) is 0.538. The zero-order valence-electron chi connectivity index (χ0n) is 12.6. The van der Waals surface area contributed by atoms with Crippen LogP contribution >= 0.6 is 0 Å². The van der Waals surface area contributed by atoms with Gasteiger partial charge in [0.1, 0.15) is 0 Å². The van der Waals surface area contributed by atoms with E-state index in [0.29, 0.717) is 13.1 Å². The molecule has 0 heterocycles. The van der Waals surface area contributed by atoms with Crippen LogP contribution in [0.15, 0.2) is 23.1 Å². The van der Waals surface area contributed by atoms with E-state index in [1.54, 1.807) is 27.7 Å². The molecule has 0 atom stereocenters. The van der Waals surface area contributed by atoms with Crippen LogP contribution in [0.4, 0.5) is 5.69 Å². The van der Waals surface area contributed by atoms with Gasteiger partial charge in [0.2, 0.25) is 10.0 Å². The smallest absolute Gasteiger partial charge is 0.312 e. The van der Waals surface area contributed by atoms with E-state index in [9.17, 15) is 18.5 Å². The van der Waals surface area contributed by atoms with Crippen molar-refractivity contribution in [1.82, 2.24) is 4.31 Å². The van der Waals surface area contributed by atoms with Crippen molar-refractivity contribution >= 4 is 15.7 Å². The maximum absolute atomic E-state index is 12.4. The number of nitrogens with zero attached hydrogens (tertiary/aromatic N) is 2. The highest BCUT2D eigenvalue weighted by Gasteiger charge is 2.26. The lowest BCUT2D eigenvalue weighted by atomic mass is 10.3. The van der Waals surface area contributed by atoms with E-state index in [1.807, 2.05) is 0 Å². The number of benzene rings is 1. The Kier molecular flexibility index (Phi) is 5.68. The van der Waals surface area contributed by atoms with Gasteiger partial charge in [-0.05, 0) is 26.0 Å². The lowest BCUT2D eigenvalue weighted by Crippen LogP contribution is -2.30. The second-order valence-corrected chi connectivity index (χ2v) is 6.58. The predicted molar refractivity (Wildman–Crippen MR) is 79.0 cm³/mol. The van der Waals surface area contributed by atoms with Gasteiger partial charge in [-0.3, -0.25) is 10.1 Å². The van der Waals surface area contributed by atoms with Crippen LogP contribution in [0, 0.1) is 10.1 Å². The van der Waals surface area contributed by atoms with Gasteiger partial charge in [0.15, 0.2) is 5.75 Å². The quantitative estimate of drug-likeness (QED) is 0.569. The lowest BCUT2D eigenvalue weighted by Gasteiger charge is -2.18. The molecule has 0 aliphatic rings. The molecule has 0 bridgehead atoms. The van der Waals surface area contributed by atoms with Crippen molar-refractivity contribution in [3.63, 3.8) is 0 Å². The van der Waals surface area contributed by atoms with Gasteiger partial charge in [0.25, 0.3) is 0 Å². The summed E-state index contributed by atoms with van der Waals surface area (Å²) in [5, 5.41) is 11.1. The number of nitro benzene ring substituents is 1. The maximum Gasteiger partial charge on any atom is 0.312 e. The molecular weight excluding hydrogens is 296 g/mol. The van der Waals surface area contributed by atoms with E-state index < -0.39 is 14.9 Å². The van der Waals surface area contributed by atoms with Gasteiger partial charge in [-0.25, -0.2) is 8.42 Å². The normalized spacial score (nSPS) is 11.9. The summed E-state index contributed by atoms with van der Waals surface area (Å²) < 4.78 is 31.3. The van der Waals surface area contributed by atoms with Crippen LogP contribution in [0.3, 0.4) is 0 Å². The van der Waals surface area contributed by atoms with Crippen LogP contribution in [0.5, 0.6) is 5.75 Å². The van der Waals surface area contributed by atoms with Gasteiger partial charge in [0.05, 0.1) is 15.9 Å². The molecule has 0 radical (unpaired) electrons. The first-order chi connectivity index (χ1) is 9.73. The molecule has 0 spiro atoms. The molecule has 1 aromatic rings. The zero-order valence-corrected chi connectivity index (χ0v) is 13.4. The lowest BCUT2D eigenvalue weighted by molar-refractivity contribution is -0.386. The average molecular weight is 316 g/mol. The van der Waals surface area contributed by atoms with E-state index in [4.69, 9.17) is 4.74 Å². The van der Waals surface area contributed by atoms with Crippen LogP contribution in [0.1, 0.15) is 27.7 Å². The van der Waals surface area contributed by atoms with Crippen molar-refractivity contribution in [2.24, 2.45) is 0 Å². The summed E-state index contributed by atoms with van der Waals surface area (Å²) >= 11 is 0. The molecule has 7 nitrogen and oxygen atoms in total. The van der Waals surface area contributed by atoms with E-state index in [0.717, 1.165) is 6.07 Å². The molecule has 0 aliphatic carbocycles. The molecule has 1 rings (SSSR count). The highest BCUT2D eigenvalue weighted by atomic mass is 32.2. The van der Waals surface area contributed by atoms with Crippen molar-refractivity contribution in [2.75, 3.05) is 13.1 Å². The van der Waals surface area contributed by atoms with Crippen LogP contribution in [0.2, 0.25) is 0 Å². The molecule has 0 aliphatic heterocycles. The summed E-state index contributed by atoms with van der Waals surface area (Å²) in [5.41, 5.74) is -0.350. The van der Waals surface area contributed by atoms with Gasteiger partial charge in [-0.1, -0.05) is 13.8 Å². The van der Waals surface area contributed by atoms with Crippen molar-refractivity contribution in [1.29, 1.82) is 0 Å². The first-order valence-electron chi connectivity index (χ1n) is 6.69. The van der Waals surface area contributed by atoms with E-state index in [2.05, 4.69) is 0 Å². The summed E-state index contributed by atoms with van der Waals surface area (Å²) in [6.07, 6.45) is -0.242. The Bertz CT molecular complexity index is 609. The highest BCUT2D eigenvalue weighted by molar-refractivity contribution is 7.89. The van der Waals surface area contributed by atoms with Crippen molar-refractivity contribution in [3.05, 3.63) is 28.3 Å². The summed E-state index contributed by atoms with van der Waals surface area (Å²) in [6, 6.07) is 3.71. The molecular formula is C13H20N2O5S. The largest absolute Gasteiger partial charge is 0.484 e. The van der Waals surface area contributed by atoms with Gasteiger partial charge in [-0.15, -0.1) is 0 Å². The first kappa shape index (κ1) is 17.4. The fourth-order valence-corrected chi connectivity index (χ4v) is 3.35. The number of sulfonamides is 1. The molecule has 0 saturated carbocycles. The Labute approximate surface area is 124 Å². The Balaban J connectivity index is 3.35. The Morgan fingerprint density at radius 3 is 2.29 bits per heavy atom. The number of hydrogen-bond donors (Lipinski definition) is 0. The second kappa shape index (κ2) is 6.86. The van der Waals surface area contributed by atoms with Crippen LogP contribution < -0.4 is 4.74 Å². The molecule has 21 heavy (non-hydrogen) atoms. The van der Waals surface area contributed by atoms with E-state index in [-0.39, 0.29) is 22.4 Å². The zero-order chi connectivity index (χ0) is 16.2. The van der Waals surface area contributed by atoms with Crippen LogP contribution in [-0.4, -0.2) is 36.8 Å². The Morgan fingerprint density at radius 2 is 1.86 bits per heavy atom. The van der Waals surface area contributed by atoms with Crippen LogP contribution in [-0.2, 0) is 10.0 Å².